The maximum atomic E-state index is 6.38. The first-order chi connectivity index (χ1) is 18.0. The van der Waals surface area contributed by atoms with Gasteiger partial charge in [0.2, 0.25) is 5.95 Å². The van der Waals surface area contributed by atoms with Crippen LogP contribution in [0.5, 0.6) is 0 Å². The normalized spacial score (nSPS) is 21.9. The van der Waals surface area contributed by atoms with E-state index in [2.05, 4.69) is 51.6 Å². The fourth-order valence-corrected chi connectivity index (χ4v) is 6.69. The Morgan fingerprint density at radius 2 is 1.68 bits per heavy atom. The van der Waals surface area contributed by atoms with Crippen LogP contribution in [0.15, 0.2) is 30.3 Å². The number of hydrogen-bond donors (Lipinski definition) is 2. The number of nitrogens with one attached hydrogen (secondary N) is 2. The number of piperidine rings is 2. The molecule has 6 nitrogen and oxygen atoms in total. The highest BCUT2D eigenvalue weighted by atomic mass is 35.5. The minimum Gasteiger partial charge on any atom is -0.361 e. The van der Waals surface area contributed by atoms with Crippen LogP contribution in [0, 0.1) is 5.92 Å². The molecule has 0 amide bonds. The number of anilines is 3. The van der Waals surface area contributed by atoms with Gasteiger partial charge in [0.25, 0.3) is 0 Å². The zero-order chi connectivity index (χ0) is 25.7. The van der Waals surface area contributed by atoms with Crippen LogP contribution in [0.4, 0.5) is 17.6 Å². The van der Waals surface area contributed by atoms with Crippen LogP contribution in [0.3, 0.4) is 0 Å². The lowest BCUT2D eigenvalue weighted by atomic mass is 9.69. The van der Waals surface area contributed by atoms with E-state index in [1.165, 1.54) is 56.9 Å². The highest BCUT2D eigenvalue weighted by molar-refractivity contribution is 7.80. The molecule has 0 bridgehead atoms. The van der Waals surface area contributed by atoms with Crippen LogP contribution >= 0.6 is 23.8 Å². The van der Waals surface area contributed by atoms with E-state index in [1.807, 2.05) is 6.07 Å². The van der Waals surface area contributed by atoms with Crippen molar-refractivity contribution in [3.63, 3.8) is 0 Å². The molecular formula is C29H41ClN6S. The largest absolute Gasteiger partial charge is 0.361 e. The lowest BCUT2D eigenvalue weighted by Crippen LogP contribution is -2.43. The fraction of sp³-hybridized carbons (Fsp3) is 0.621. The molecule has 1 aromatic carbocycles. The van der Waals surface area contributed by atoms with Crippen molar-refractivity contribution in [1.82, 2.24) is 15.3 Å². The molecule has 2 aliphatic heterocycles. The predicted octanol–water partition coefficient (Wildman–Crippen LogP) is 6.55. The molecule has 0 radical (unpaired) electrons. The summed E-state index contributed by atoms with van der Waals surface area (Å²) in [5.41, 5.74) is 1.35. The lowest BCUT2D eigenvalue weighted by molar-refractivity contribution is 0.292. The quantitative estimate of drug-likeness (QED) is 0.403. The number of nitrogens with zero attached hydrogens (tertiary/aromatic N) is 4. The van der Waals surface area contributed by atoms with Crippen LogP contribution in [-0.2, 0) is 5.41 Å². The second-order valence-electron chi connectivity index (χ2n) is 11.3. The molecule has 5 rings (SSSR count). The van der Waals surface area contributed by atoms with Gasteiger partial charge >= 0.3 is 0 Å². The van der Waals surface area contributed by atoms with E-state index in [0.29, 0.717) is 17.0 Å². The van der Waals surface area contributed by atoms with Crippen molar-refractivity contribution in [2.24, 2.45) is 5.92 Å². The number of aromatic nitrogens is 2. The SMILES string of the molecule is C[C@@H]1CCCN(c2cc(N3CCCCC3)nc(NC(=S)NCC3(c4cccc(Cl)c4)CCCCC3)n2)C1. The summed E-state index contributed by atoms with van der Waals surface area (Å²) < 4.78 is 0. The Morgan fingerprint density at radius 1 is 0.973 bits per heavy atom. The zero-order valence-electron chi connectivity index (χ0n) is 22.1. The molecule has 2 saturated heterocycles. The highest BCUT2D eigenvalue weighted by Gasteiger charge is 2.34. The van der Waals surface area contributed by atoms with Crippen LogP contribution in [0.25, 0.3) is 0 Å². The van der Waals surface area contributed by atoms with E-state index in [1.54, 1.807) is 0 Å². The molecule has 37 heavy (non-hydrogen) atoms. The van der Waals surface area contributed by atoms with E-state index >= 15 is 0 Å². The average molecular weight is 541 g/mol. The zero-order valence-corrected chi connectivity index (χ0v) is 23.7. The summed E-state index contributed by atoms with van der Waals surface area (Å²) in [5, 5.41) is 8.27. The Morgan fingerprint density at radius 3 is 2.41 bits per heavy atom. The third-order valence-electron chi connectivity index (χ3n) is 8.42. The van der Waals surface area contributed by atoms with Crippen LogP contribution < -0.4 is 20.4 Å². The summed E-state index contributed by atoms with van der Waals surface area (Å²) in [5.74, 6) is 3.29. The third kappa shape index (κ3) is 6.66. The molecule has 1 aromatic heterocycles. The van der Waals surface area contributed by atoms with Gasteiger partial charge in [0, 0.05) is 49.2 Å². The van der Waals surface area contributed by atoms with Crippen LogP contribution in [0.1, 0.15) is 76.7 Å². The van der Waals surface area contributed by atoms with Crippen molar-refractivity contribution in [2.45, 2.75) is 76.5 Å². The van der Waals surface area contributed by atoms with E-state index < -0.39 is 0 Å². The maximum absolute atomic E-state index is 6.38. The molecular weight excluding hydrogens is 500 g/mol. The Balaban J connectivity index is 1.32. The van der Waals surface area contributed by atoms with Gasteiger partial charge in [-0.2, -0.15) is 9.97 Å². The number of thiocarbonyl (C=S) groups is 1. The van der Waals surface area contributed by atoms with Crippen molar-refractivity contribution in [3.8, 4) is 0 Å². The van der Waals surface area contributed by atoms with Gasteiger partial charge in [-0.15, -0.1) is 0 Å². The van der Waals surface area contributed by atoms with Crippen LogP contribution in [0.2, 0.25) is 5.02 Å². The monoisotopic (exact) mass is 540 g/mol. The lowest BCUT2D eigenvalue weighted by Gasteiger charge is -2.38. The van der Waals surface area contributed by atoms with E-state index in [9.17, 15) is 0 Å². The fourth-order valence-electron chi connectivity index (χ4n) is 6.33. The van der Waals surface area contributed by atoms with E-state index in [4.69, 9.17) is 33.8 Å². The first-order valence-corrected chi connectivity index (χ1v) is 15.0. The number of benzene rings is 1. The molecule has 0 unspecified atom stereocenters. The van der Waals surface area contributed by atoms with Crippen molar-refractivity contribution in [1.29, 1.82) is 0 Å². The summed E-state index contributed by atoms with van der Waals surface area (Å²) in [7, 11) is 0. The van der Waals surface area contributed by atoms with Crippen molar-refractivity contribution in [2.75, 3.05) is 47.8 Å². The van der Waals surface area contributed by atoms with Gasteiger partial charge < -0.3 is 20.4 Å². The molecule has 8 heteroatoms. The summed E-state index contributed by atoms with van der Waals surface area (Å²) in [6, 6.07) is 10.5. The molecule has 3 heterocycles. The first-order valence-electron chi connectivity index (χ1n) is 14.2. The predicted molar refractivity (Wildman–Crippen MR) is 159 cm³/mol. The molecule has 1 saturated carbocycles. The summed E-state index contributed by atoms with van der Waals surface area (Å²) >= 11 is 12.2. The van der Waals surface area contributed by atoms with Gasteiger partial charge in [-0.3, -0.25) is 0 Å². The Bertz CT molecular complexity index is 1070. The Kier molecular flexibility index (Phi) is 8.71. The van der Waals surface area contributed by atoms with Gasteiger partial charge in [0.15, 0.2) is 5.11 Å². The van der Waals surface area contributed by atoms with Gasteiger partial charge in [-0.1, -0.05) is 49.9 Å². The maximum Gasteiger partial charge on any atom is 0.232 e. The molecule has 3 aliphatic rings. The van der Waals surface area contributed by atoms with E-state index in [0.717, 1.165) is 62.2 Å². The molecule has 2 aromatic rings. The standard InChI is InChI=1S/C29H41ClN6S/c1-22-10-9-17-36(20-22)26-19-25(35-15-6-3-7-16-35)32-27(33-26)34-28(37)31-21-29(13-4-2-5-14-29)23-11-8-12-24(30)18-23/h8,11-12,18-19,22H,2-7,9-10,13-17,20-21H2,1H3,(H2,31,32,33,34,37)/t22-/m1/s1. The van der Waals surface area contributed by atoms with Gasteiger partial charge in [0.05, 0.1) is 0 Å². The van der Waals surface area contributed by atoms with Gasteiger partial charge in [0.1, 0.15) is 11.6 Å². The van der Waals surface area contributed by atoms with Gasteiger partial charge in [-0.25, -0.2) is 0 Å². The molecule has 1 aliphatic carbocycles. The number of hydrogen-bond acceptors (Lipinski definition) is 5. The van der Waals surface area contributed by atoms with Gasteiger partial charge in [-0.05, 0) is 80.8 Å². The highest BCUT2D eigenvalue weighted by Crippen LogP contribution is 2.39. The van der Waals surface area contributed by atoms with E-state index in [-0.39, 0.29) is 5.41 Å². The number of rotatable bonds is 6. The van der Waals surface area contributed by atoms with Crippen molar-refractivity contribution >= 4 is 46.5 Å². The average Bonchev–Trinajstić information content (AvgIpc) is 2.93. The molecule has 2 N–H and O–H groups in total. The first kappa shape index (κ1) is 26.5. The second kappa shape index (κ2) is 12.2. The van der Waals surface area contributed by atoms with Crippen molar-refractivity contribution < 1.29 is 0 Å². The topological polar surface area (TPSA) is 56.3 Å². The summed E-state index contributed by atoms with van der Waals surface area (Å²) in [6.07, 6.45) is 12.3. The number of halogens is 1. The van der Waals surface area contributed by atoms with Crippen LogP contribution in [-0.4, -0.2) is 47.8 Å². The minimum atomic E-state index is 0.0422. The van der Waals surface area contributed by atoms with Crippen molar-refractivity contribution in [3.05, 3.63) is 40.9 Å². The Labute approximate surface area is 232 Å². The Hall–Kier alpha value is -2.12. The summed E-state index contributed by atoms with van der Waals surface area (Å²) in [6.45, 7) is 7.31. The molecule has 1 atom stereocenters. The molecule has 200 valence electrons. The molecule has 3 fully saturated rings. The third-order valence-corrected chi connectivity index (χ3v) is 8.90. The smallest absolute Gasteiger partial charge is 0.232 e. The minimum absolute atomic E-state index is 0.0422. The second-order valence-corrected chi connectivity index (χ2v) is 12.2. The molecule has 0 spiro atoms. The summed E-state index contributed by atoms with van der Waals surface area (Å²) in [4.78, 5) is 14.7.